The molecule has 1 atom stereocenters. The lowest BCUT2D eigenvalue weighted by Gasteiger charge is -2.11. The number of amides is 1. The quantitative estimate of drug-likeness (QED) is 0.670. The van der Waals surface area contributed by atoms with Crippen LogP contribution in [0.3, 0.4) is 0 Å². The van der Waals surface area contributed by atoms with Crippen molar-refractivity contribution >= 4 is 35.4 Å². The van der Waals surface area contributed by atoms with Crippen LogP contribution in [0.15, 0.2) is 41.0 Å². The minimum Gasteiger partial charge on any atom is -0.462 e. The monoisotopic (exact) mass is 334 g/mol. The molecule has 1 amide bonds. The highest BCUT2D eigenvalue weighted by atomic mass is 35.5. The van der Waals surface area contributed by atoms with Gasteiger partial charge >= 0.3 is 5.97 Å². The Balaban J connectivity index is 1.86. The first-order valence-corrected chi connectivity index (χ1v) is 7.19. The smallest absolute Gasteiger partial charge is 0.331 e. The third-order valence-corrected chi connectivity index (χ3v) is 3.01. The van der Waals surface area contributed by atoms with E-state index in [0.29, 0.717) is 16.6 Å². The molecule has 1 N–H and O–H groups in total. The molecule has 2 aromatic rings. The zero-order chi connectivity index (χ0) is 16.8. The summed E-state index contributed by atoms with van der Waals surface area (Å²) in [5.74, 6) is 0.452. The second-order valence-corrected chi connectivity index (χ2v) is 5.15. The van der Waals surface area contributed by atoms with Gasteiger partial charge in [-0.25, -0.2) is 9.78 Å². The fourth-order valence-electron chi connectivity index (χ4n) is 1.64. The highest BCUT2D eigenvalue weighted by Crippen LogP contribution is 2.11. The van der Waals surface area contributed by atoms with E-state index in [-0.39, 0.29) is 0 Å². The number of aryl methyl sites for hydroxylation is 1. The van der Waals surface area contributed by atoms with Crippen molar-refractivity contribution in [1.29, 1.82) is 0 Å². The van der Waals surface area contributed by atoms with Crippen LogP contribution in [-0.2, 0) is 14.3 Å². The third-order valence-electron chi connectivity index (χ3n) is 2.79. The van der Waals surface area contributed by atoms with Gasteiger partial charge in [-0.3, -0.25) is 4.79 Å². The Bertz CT molecular complexity index is 722. The molecule has 0 radical (unpaired) electrons. The van der Waals surface area contributed by atoms with Crippen molar-refractivity contribution in [3.05, 3.63) is 53.1 Å². The Morgan fingerprint density at radius 1 is 1.35 bits per heavy atom. The summed E-state index contributed by atoms with van der Waals surface area (Å²) in [6, 6.07) is 6.64. The third kappa shape index (κ3) is 5.27. The second kappa shape index (κ2) is 7.60. The summed E-state index contributed by atoms with van der Waals surface area (Å²) in [7, 11) is 0. The molecular weight excluding hydrogens is 320 g/mol. The number of aromatic nitrogens is 1. The molecule has 2 rings (SSSR count). The Labute approximate surface area is 138 Å². The molecule has 2 aromatic heterocycles. The number of rotatable bonds is 5. The van der Waals surface area contributed by atoms with E-state index in [9.17, 15) is 9.59 Å². The molecule has 0 aliphatic rings. The van der Waals surface area contributed by atoms with Crippen molar-refractivity contribution in [3.63, 3.8) is 0 Å². The van der Waals surface area contributed by atoms with Crippen LogP contribution in [0.1, 0.15) is 18.4 Å². The van der Waals surface area contributed by atoms with E-state index in [1.54, 1.807) is 31.2 Å². The molecule has 0 fully saturated rings. The van der Waals surface area contributed by atoms with E-state index in [1.165, 1.54) is 25.3 Å². The Hall–Kier alpha value is -2.60. The molecule has 0 saturated carbocycles. The topological polar surface area (TPSA) is 81.4 Å². The Morgan fingerprint density at radius 2 is 2.13 bits per heavy atom. The predicted octanol–water partition coefficient (Wildman–Crippen LogP) is 3.22. The van der Waals surface area contributed by atoms with Gasteiger partial charge in [0.15, 0.2) is 6.10 Å². The van der Waals surface area contributed by atoms with Crippen molar-refractivity contribution in [2.45, 2.75) is 20.0 Å². The minimum absolute atomic E-state index is 0.323. The van der Waals surface area contributed by atoms with Gasteiger partial charge in [0.1, 0.15) is 17.3 Å². The minimum atomic E-state index is -0.969. The molecule has 6 nitrogen and oxygen atoms in total. The van der Waals surface area contributed by atoms with E-state index in [4.69, 9.17) is 20.8 Å². The summed E-state index contributed by atoms with van der Waals surface area (Å²) in [5, 5.41) is 2.98. The van der Waals surface area contributed by atoms with E-state index < -0.39 is 18.0 Å². The van der Waals surface area contributed by atoms with E-state index in [0.717, 1.165) is 5.76 Å². The maximum Gasteiger partial charge on any atom is 0.331 e. The van der Waals surface area contributed by atoms with Crippen LogP contribution in [0.5, 0.6) is 0 Å². The lowest BCUT2D eigenvalue weighted by atomic mass is 10.3. The molecule has 0 aliphatic carbocycles. The van der Waals surface area contributed by atoms with Crippen LogP contribution in [0, 0.1) is 6.92 Å². The first-order chi connectivity index (χ1) is 10.9. The van der Waals surface area contributed by atoms with Crippen LogP contribution in [0.25, 0.3) is 6.08 Å². The Morgan fingerprint density at radius 3 is 2.74 bits per heavy atom. The number of nitrogens with zero attached hydrogens (tertiary/aromatic N) is 1. The van der Waals surface area contributed by atoms with Gasteiger partial charge in [0.05, 0.1) is 5.02 Å². The maximum atomic E-state index is 11.9. The van der Waals surface area contributed by atoms with Crippen LogP contribution in [0.4, 0.5) is 5.82 Å². The number of pyridine rings is 1. The predicted molar refractivity (Wildman–Crippen MR) is 85.9 cm³/mol. The SMILES string of the molecule is Cc1ccc(/C=C/C(=O)OC(C)C(=O)Nc2ccc(Cl)cn2)o1. The zero-order valence-electron chi connectivity index (χ0n) is 12.6. The van der Waals surface area contributed by atoms with Crippen molar-refractivity contribution in [1.82, 2.24) is 4.98 Å². The van der Waals surface area contributed by atoms with Gasteiger partial charge in [0.25, 0.3) is 5.91 Å². The number of nitrogens with one attached hydrogen (secondary N) is 1. The summed E-state index contributed by atoms with van der Waals surface area (Å²) >= 11 is 5.71. The van der Waals surface area contributed by atoms with Gasteiger partial charge < -0.3 is 14.5 Å². The van der Waals surface area contributed by atoms with Gasteiger partial charge in [-0.2, -0.15) is 0 Å². The molecule has 1 unspecified atom stereocenters. The number of furan rings is 1. The number of carbonyl (C=O) groups is 2. The van der Waals surface area contributed by atoms with Crippen LogP contribution in [0.2, 0.25) is 5.02 Å². The van der Waals surface area contributed by atoms with Crippen molar-refractivity contribution in [3.8, 4) is 0 Å². The number of hydrogen-bond donors (Lipinski definition) is 1. The maximum absolute atomic E-state index is 11.9. The molecule has 2 heterocycles. The molecule has 0 spiro atoms. The molecule has 0 saturated heterocycles. The average molecular weight is 335 g/mol. The van der Waals surface area contributed by atoms with E-state index in [1.807, 2.05) is 0 Å². The number of ether oxygens (including phenoxy) is 1. The van der Waals surface area contributed by atoms with Gasteiger partial charge in [-0.15, -0.1) is 0 Å². The standard InChI is InChI=1S/C16H15ClN2O4/c1-10-3-5-13(22-10)6-8-15(20)23-11(2)16(21)19-14-7-4-12(17)9-18-14/h3-9,11H,1-2H3,(H,18,19,21)/b8-6+. The fraction of sp³-hybridized carbons (Fsp3) is 0.188. The van der Waals surface area contributed by atoms with Gasteiger partial charge in [-0.1, -0.05) is 11.6 Å². The number of carbonyl (C=O) groups excluding carboxylic acids is 2. The summed E-state index contributed by atoms with van der Waals surface area (Å²) in [5.41, 5.74) is 0. The molecule has 120 valence electrons. The molecule has 23 heavy (non-hydrogen) atoms. The summed E-state index contributed by atoms with van der Waals surface area (Å²) in [6.45, 7) is 3.26. The largest absolute Gasteiger partial charge is 0.462 e. The van der Waals surface area contributed by atoms with Crippen molar-refractivity contribution in [2.24, 2.45) is 0 Å². The summed E-state index contributed by atoms with van der Waals surface area (Å²) < 4.78 is 10.3. The van der Waals surface area contributed by atoms with Gasteiger partial charge in [0.2, 0.25) is 0 Å². The zero-order valence-corrected chi connectivity index (χ0v) is 13.3. The van der Waals surface area contributed by atoms with Crippen LogP contribution >= 0.6 is 11.6 Å². The Kier molecular flexibility index (Phi) is 5.54. The van der Waals surface area contributed by atoms with E-state index in [2.05, 4.69) is 10.3 Å². The molecule has 0 aromatic carbocycles. The molecule has 7 heteroatoms. The highest BCUT2D eigenvalue weighted by molar-refractivity contribution is 6.30. The van der Waals surface area contributed by atoms with Gasteiger partial charge in [0, 0.05) is 12.3 Å². The molecule has 0 aliphatic heterocycles. The number of halogens is 1. The first kappa shape index (κ1) is 16.8. The number of esters is 1. The van der Waals surface area contributed by atoms with Gasteiger partial charge in [-0.05, 0) is 44.2 Å². The lowest BCUT2D eigenvalue weighted by Crippen LogP contribution is -2.29. The normalized spacial score (nSPS) is 12.1. The molecule has 0 bridgehead atoms. The van der Waals surface area contributed by atoms with Crippen LogP contribution in [-0.4, -0.2) is 23.0 Å². The summed E-state index contributed by atoms with van der Waals surface area (Å²) in [4.78, 5) is 27.5. The first-order valence-electron chi connectivity index (χ1n) is 6.81. The van der Waals surface area contributed by atoms with Crippen LogP contribution < -0.4 is 5.32 Å². The molecular formula is C16H15ClN2O4. The summed E-state index contributed by atoms with van der Waals surface area (Å²) in [6.07, 6.45) is 3.11. The average Bonchev–Trinajstić information content (AvgIpc) is 2.93. The lowest BCUT2D eigenvalue weighted by molar-refractivity contribution is -0.148. The number of hydrogen-bond acceptors (Lipinski definition) is 5. The fourth-order valence-corrected chi connectivity index (χ4v) is 1.75. The highest BCUT2D eigenvalue weighted by Gasteiger charge is 2.17. The van der Waals surface area contributed by atoms with Crippen molar-refractivity contribution < 1.29 is 18.7 Å². The van der Waals surface area contributed by atoms with E-state index >= 15 is 0 Å². The van der Waals surface area contributed by atoms with Crippen molar-refractivity contribution in [2.75, 3.05) is 5.32 Å². The number of anilines is 1. The second-order valence-electron chi connectivity index (χ2n) is 4.71.